The van der Waals surface area contributed by atoms with E-state index < -0.39 is 36.7 Å². The SMILES string of the molecule is Cc1ncc(Oc2nc(N3CC4CC3CC4N)c3c(n2)[nH]c2c(N(C)C(=O)OCOC4C(=O)C4O)cc(F)cc23)cn1. The van der Waals surface area contributed by atoms with Crippen molar-refractivity contribution in [3.05, 3.63) is 36.2 Å². The first-order valence-corrected chi connectivity index (χ1v) is 13.4. The Balaban J connectivity index is 1.28. The Kier molecular flexibility index (Phi) is 6.18. The summed E-state index contributed by atoms with van der Waals surface area (Å²) in [5.41, 5.74) is 7.30. The number of benzene rings is 1. The first-order chi connectivity index (χ1) is 20.2. The lowest BCUT2D eigenvalue weighted by atomic mass is 10.0. The molecule has 0 spiro atoms. The molecule has 7 rings (SSSR count). The number of nitrogens with one attached hydrogen (secondary N) is 1. The standard InChI is InChI=1S/C27H27FN8O6/c1-11-30-7-15(8-31-11)42-26-33-24-19(25(34-26)36-9-12-3-14(36)6-17(12)29)16-4-13(28)5-18(20(16)32-24)35(2)27(39)41-10-40-23-21(37)22(23)38/h4-5,7-8,12,14,17,21,23,37H,3,6,9-10,29H2,1-2H3,(H,32,33,34). The van der Waals surface area contributed by atoms with Gasteiger partial charge in [0.05, 0.1) is 29.0 Å². The van der Waals surface area contributed by atoms with Crippen LogP contribution in [0, 0.1) is 18.7 Å². The van der Waals surface area contributed by atoms with Crippen LogP contribution in [0.15, 0.2) is 24.5 Å². The molecular weight excluding hydrogens is 551 g/mol. The molecule has 5 atom stereocenters. The van der Waals surface area contributed by atoms with Crippen molar-refractivity contribution in [2.75, 3.05) is 30.2 Å². The van der Waals surface area contributed by atoms with Crippen molar-refractivity contribution in [3.63, 3.8) is 0 Å². The number of Topliss-reactive ketones (excluding diaryl/α,β-unsaturated/α-hetero) is 1. The molecule has 1 saturated heterocycles. The summed E-state index contributed by atoms with van der Waals surface area (Å²) in [6, 6.07) is 2.87. The van der Waals surface area contributed by atoms with E-state index in [-0.39, 0.29) is 23.8 Å². The van der Waals surface area contributed by atoms with Crippen LogP contribution in [0.2, 0.25) is 0 Å². The molecule has 42 heavy (non-hydrogen) atoms. The average molecular weight is 579 g/mol. The molecule has 1 aliphatic heterocycles. The number of piperidine rings is 1. The summed E-state index contributed by atoms with van der Waals surface area (Å²) in [4.78, 5) is 48.2. The van der Waals surface area contributed by atoms with E-state index >= 15 is 4.39 Å². The summed E-state index contributed by atoms with van der Waals surface area (Å²) >= 11 is 0. The second-order valence-electron chi connectivity index (χ2n) is 10.8. The van der Waals surface area contributed by atoms with Gasteiger partial charge in [-0.15, -0.1) is 0 Å². The van der Waals surface area contributed by atoms with E-state index in [1.54, 1.807) is 6.92 Å². The molecule has 2 aliphatic carbocycles. The molecule has 14 nitrogen and oxygen atoms in total. The number of ketones is 1. The number of fused-ring (bicyclic) bond motifs is 5. The molecule has 3 aliphatic rings. The van der Waals surface area contributed by atoms with E-state index in [0.717, 1.165) is 17.7 Å². The van der Waals surface area contributed by atoms with Crippen LogP contribution in [-0.2, 0) is 14.3 Å². The second kappa shape index (κ2) is 9.82. The van der Waals surface area contributed by atoms with Gasteiger partial charge in [-0.25, -0.2) is 19.2 Å². The van der Waals surface area contributed by atoms with E-state index in [1.165, 1.54) is 31.6 Å². The van der Waals surface area contributed by atoms with Crippen molar-refractivity contribution in [3.8, 4) is 11.8 Å². The molecule has 4 aromatic rings. The number of aromatic amines is 1. The van der Waals surface area contributed by atoms with Crippen LogP contribution in [0.1, 0.15) is 18.7 Å². The van der Waals surface area contributed by atoms with Crippen molar-refractivity contribution in [2.45, 2.75) is 44.1 Å². The van der Waals surface area contributed by atoms with E-state index in [2.05, 4.69) is 24.8 Å². The van der Waals surface area contributed by atoms with Gasteiger partial charge in [-0.3, -0.25) is 9.69 Å². The van der Waals surface area contributed by atoms with Crippen LogP contribution in [0.25, 0.3) is 21.9 Å². The van der Waals surface area contributed by atoms with E-state index in [0.29, 0.717) is 51.8 Å². The summed E-state index contributed by atoms with van der Waals surface area (Å²) in [7, 11) is 1.42. The molecule has 218 valence electrons. The number of H-pyrrole nitrogens is 1. The highest BCUT2D eigenvalue weighted by molar-refractivity contribution is 6.16. The highest BCUT2D eigenvalue weighted by Crippen LogP contribution is 2.44. The number of nitrogens with two attached hydrogens (primary N) is 1. The van der Waals surface area contributed by atoms with Crippen molar-refractivity contribution in [1.29, 1.82) is 0 Å². The lowest BCUT2D eigenvalue weighted by Gasteiger charge is -2.31. The van der Waals surface area contributed by atoms with Crippen molar-refractivity contribution in [1.82, 2.24) is 24.9 Å². The summed E-state index contributed by atoms with van der Waals surface area (Å²) < 4.78 is 31.2. The number of ether oxygens (including phenoxy) is 3. The zero-order valence-corrected chi connectivity index (χ0v) is 22.7. The fraction of sp³-hybridized carbons (Fsp3) is 0.407. The number of anilines is 2. The Morgan fingerprint density at radius 2 is 2.02 bits per heavy atom. The quantitative estimate of drug-likeness (QED) is 0.271. The number of hydrogen-bond donors (Lipinski definition) is 3. The Hall–Kier alpha value is -4.47. The predicted octanol–water partition coefficient (Wildman–Crippen LogP) is 1.93. The van der Waals surface area contributed by atoms with Crippen molar-refractivity contribution in [2.24, 2.45) is 11.7 Å². The van der Waals surface area contributed by atoms with Gasteiger partial charge in [-0.2, -0.15) is 9.97 Å². The smallest absolute Gasteiger partial charge is 0.416 e. The summed E-state index contributed by atoms with van der Waals surface area (Å²) in [5.74, 6) is 0.742. The summed E-state index contributed by atoms with van der Waals surface area (Å²) in [6.07, 6.45) is 1.71. The summed E-state index contributed by atoms with van der Waals surface area (Å²) in [6.45, 7) is 1.89. The molecule has 2 saturated carbocycles. The Labute approximate surface area is 237 Å². The number of aromatic nitrogens is 5. The molecule has 3 fully saturated rings. The topological polar surface area (TPSA) is 182 Å². The molecule has 1 aromatic carbocycles. The second-order valence-corrected chi connectivity index (χ2v) is 10.8. The zero-order valence-electron chi connectivity index (χ0n) is 22.7. The lowest BCUT2D eigenvalue weighted by Crippen LogP contribution is -2.41. The van der Waals surface area contributed by atoms with Crippen LogP contribution < -0.4 is 20.3 Å². The van der Waals surface area contributed by atoms with Crippen LogP contribution >= 0.6 is 0 Å². The van der Waals surface area contributed by atoms with Crippen LogP contribution in [0.4, 0.5) is 20.7 Å². The van der Waals surface area contributed by atoms with E-state index in [1.807, 2.05) is 0 Å². The highest BCUT2D eigenvalue weighted by Gasteiger charge is 2.50. The number of aliphatic hydroxyl groups excluding tert-OH is 1. The maximum atomic E-state index is 15.1. The van der Waals surface area contributed by atoms with Crippen LogP contribution in [-0.4, -0.2) is 86.6 Å². The molecule has 4 heterocycles. The number of carbonyl (C=O) groups excluding carboxylic acids is 2. The maximum absolute atomic E-state index is 15.1. The van der Waals surface area contributed by atoms with E-state index in [9.17, 15) is 14.7 Å². The molecule has 5 unspecified atom stereocenters. The minimum Gasteiger partial charge on any atom is -0.422 e. The third-order valence-electron chi connectivity index (χ3n) is 8.11. The molecular formula is C27H27FN8O6. The maximum Gasteiger partial charge on any atom is 0.416 e. The largest absolute Gasteiger partial charge is 0.422 e. The first-order valence-electron chi connectivity index (χ1n) is 13.4. The van der Waals surface area contributed by atoms with Gasteiger partial charge in [0.1, 0.15) is 29.2 Å². The third kappa shape index (κ3) is 4.45. The first kappa shape index (κ1) is 26.4. The van der Waals surface area contributed by atoms with Gasteiger partial charge in [0.2, 0.25) is 0 Å². The number of rotatable bonds is 7. The number of hydrogen-bond acceptors (Lipinski definition) is 12. The highest BCUT2D eigenvalue weighted by atomic mass is 19.1. The number of aryl methyl sites for hydroxylation is 1. The Bertz CT molecular complexity index is 1730. The van der Waals surface area contributed by atoms with Gasteiger partial charge in [-0.05, 0) is 37.8 Å². The zero-order chi connectivity index (χ0) is 29.3. The van der Waals surface area contributed by atoms with Gasteiger partial charge >= 0.3 is 12.1 Å². The number of carbonyl (C=O) groups is 2. The Morgan fingerprint density at radius 1 is 1.26 bits per heavy atom. The number of aliphatic hydroxyl groups is 1. The van der Waals surface area contributed by atoms with Gasteiger partial charge in [0.25, 0.3) is 0 Å². The molecule has 0 radical (unpaired) electrons. The fourth-order valence-electron chi connectivity index (χ4n) is 5.85. The molecule has 1 amide bonds. The Morgan fingerprint density at radius 3 is 2.69 bits per heavy atom. The average Bonchev–Trinajstić information content (AvgIpc) is 3.38. The summed E-state index contributed by atoms with van der Waals surface area (Å²) in [5, 5.41) is 10.4. The molecule has 3 aromatic heterocycles. The van der Waals surface area contributed by atoms with Gasteiger partial charge in [-0.1, -0.05) is 0 Å². The van der Waals surface area contributed by atoms with Crippen LogP contribution in [0.5, 0.6) is 11.8 Å². The van der Waals surface area contributed by atoms with Crippen LogP contribution in [0.3, 0.4) is 0 Å². The molecule has 15 heteroatoms. The number of nitrogens with zero attached hydrogens (tertiary/aromatic N) is 6. The molecule has 4 N–H and O–H groups in total. The molecule has 2 bridgehead atoms. The minimum atomic E-state index is -1.21. The fourth-order valence-corrected chi connectivity index (χ4v) is 5.85. The lowest BCUT2D eigenvalue weighted by molar-refractivity contribution is -0.116. The van der Waals surface area contributed by atoms with Gasteiger partial charge < -0.3 is 34.9 Å². The predicted molar refractivity (Wildman–Crippen MR) is 146 cm³/mol. The van der Waals surface area contributed by atoms with Crippen molar-refractivity contribution < 1.29 is 33.3 Å². The minimum absolute atomic E-state index is 0.0485. The van der Waals surface area contributed by atoms with Gasteiger partial charge in [0.15, 0.2) is 24.4 Å². The third-order valence-corrected chi connectivity index (χ3v) is 8.11. The van der Waals surface area contributed by atoms with E-state index in [4.69, 9.17) is 24.9 Å². The van der Waals surface area contributed by atoms with Gasteiger partial charge in [0, 0.05) is 31.1 Å². The monoisotopic (exact) mass is 578 g/mol. The van der Waals surface area contributed by atoms with Crippen molar-refractivity contribution >= 4 is 45.3 Å². The normalized spacial score (nSPS) is 24.5. The number of halogens is 1. The number of amides is 1.